The van der Waals surface area contributed by atoms with E-state index in [0.29, 0.717) is 6.42 Å². The fraction of sp³-hybridized carbons (Fsp3) is 0.344. The second-order valence-electron chi connectivity index (χ2n) is 18.9. The Morgan fingerprint density at radius 1 is 0.743 bits per heavy atom. The molecule has 0 spiro atoms. The van der Waals surface area contributed by atoms with Crippen LogP contribution in [-0.4, -0.2) is 123 Å². The van der Waals surface area contributed by atoms with Gasteiger partial charge in [0, 0.05) is 124 Å². The van der Waals surface area contributed by atoms with E-state index in [1.165, 1.54) is 0 Å². The fourth-order valence-corrected chi connectivity index (χ4v) is 9.04. The zero-order valence-electron chi connectivity index (χ0n) is 45.8. The molecular formula is C61H81N13. The number of benzene rings is 2. The topological polar surface area (TPSA) is 146 Å². The number of nitrogen functional groups attached to an aromatic ring is 1. The lowest BCUT2D eigenvalue weighted by Crippen LogP contribution is -2.43. The largest absolute Gasteiger partial charge is 0.398 e. The number of H-pyrrole nitrogens is 2. The number of aromatic nitrogens is 6. The van der Waals surface area contributed by atoms with Gasteiger partial charge in [-0.15, -0.1) is 12.8 Å². The Kier molecular flexibility index (Phi) is 21.2. The molecule has 6 heterocycles. The van der Waals surface area contributed by atoms with Crippen LogP contribution in [-0.2, 0) is 11.8 Å². The normalized spacial score (nSPS) is 14.3. The number of nitrogens with two attached hydrogens (primary N) is 1. The Morgan fingerprint density at radius 3 is 1.88 bits per heavy atom. The highest BCUT2D eigenvalue weighted by molar-refractivity contribution is 5.73. The third-order valence-corrected chi connectivity index (χ3v) is 13.4. The molecule has 2 aliphatic heterocycles. The number of likely N-dealkylation sites (N-methyl/N-ethyl adjacent to an activating group) is 2. The van der Waals surface area contributed by atoms with E-state index in [1.807, 2.05) is 69.8 Å². The van der Waals surface area contributed by atoms with Crippen molar-refractivity contribution in [2.45, 2.75) is 66.7 Å². The average molecular weight is 996 g/mol. The van der Waals surface area contributed by atoms with Gasteiger partial charge in [-0.1, -0.05) is 70.9 Å². The van der Waals surface area contributed by atoms with Crippen molar-refractivity contribution in [3.8, 4) is 35.1 Å². The van der Waals surface area contributed by atoms with Gasteiger partial charge in [0.05, 0.1) is 23.3 Å². The molecule has 4 aromatic heterocycles. The predicted octanol–water partition coefficient (Wildman–Crippen LogP) is 11.3. The van der Waals surface area contributed by atoms with E-state index in [9.17, 15) is 0 Å². The van der Waals surface area contributed by atoms with Crippen molar-refractivity contribution in [2.24, 2.45) is 0 Å². The van der Waals surface area contributed by atoms with Crippen LogP contribution in [0.4, 0.5) is 17.1 Å². The van der Waals surface area contributed by atoms with Crippen LogP contribution in [0, 0.1) is 26.7 Å². The molecule has 2 aliphatic rings. The quantitative estimate of drug-likeness (QED) is 0.0359. The molecule has 74 heavy (non-hydrogen) atoms. The Morgan fingerprint density at radius 2 is 1.31 bits per heavy atom. The first kappa shape index (κ1) is 57.2. The number of allylic oxidation sites excluding steroid dienone is 5. The van der Waals surface area contributed by atoms with Gasteiger partial charge in [0.1, 0.15) is 23.0 Å². The maximum Gasteiger partial charge on any atom is 0.117 e. The summed E-state index contributed by atoms with van der Waals surface area (Å²) in [6.45, 7) is 34.8. The first-order valence-electron chi connectivity index (χ1n) is 25.7. The van der Waals surface area contributed by atoms with E-state index < -0.39 is 5.41 Å². The molecule has 390 valence electrons. The molecule has 8 rings (SSSR count). The number of anilines is 3. The Balaban J connectivity index is 0.000000262. The molecule has 0 saturated carbocycles. The molecule has 0 amide bonds. The number of terminal acetylenes is 1. The Hall–Kier alpha value is -7.66. The zero-order valence-corrected chi connectivity index (χ0v) is 45.8. The van der Waals surface area contributed by atoms with Crippen molar-refractivity contribution in [3.05, 3.63) is 175 Å². The summed E-state index contributed by atoms with van der Waals surface area (Å²) >= 11 is 0. The summed E-state index contributed by atoms with van der Waals surface area (Å²) in [7, 11) is 6.30. The molecule has 6 aromatic rings. The van der Waals surface area contributed by atoms with E-state index in [1.54, 1.807) is 6.20 Å². The summed E-state index contributed by atoms with van der Waals surface area (Å²) in [6.07, 6.45) is 24.8. The highest BCUT2D eigenvalue weighted by Gasteiger charge is 2.32. The maximum atomic E-state index is 6.30. The number of aromatic amines is 2. The van der Waals surface area contributed by atoms with Gasteiger partial charge >= 0.3 is 0 Å². The first-order chi connectivity index (χ1) is 35.7. The monoisotopic (exact) mass is 996 g/mol. The highest BCUT2D eigenvalue weighted by Crippen LogP contribution is 2.39. The molecule has 6 N–H and O–H groups in total. The second kappa shape index (κ2) is 27.4. The van der Waals surface area contributed by atoms with E-state index in [0.717, 1.165) is 161 Å². The molecule has 0 bridgehead atoms. The molecule has 0 atom stereocenters. The van der Waals surface area contributed by atoms with Gasteiger partial charge in [0.2, 0.25) is 0 Å². The fourth-order valence-electron chi connectivity index (χ4n) is 9.04. The van der Waals surface area contributed by atoms with Gasteiger partial charge in [0.25, 0.3) is 0 Å². The van der Waals surface area contributed by atoms with Crippen LogP contribution in [0.1, 0.15) is 86.6 Å². The number of rotatable bonds is 16. The third kappa shape index (κ3) is 14.3. The number of imidazole rings is 2. The summed E-state index contributed by atoms with van der Waals surface area (Å²) in [4.78, 5) is 35.5. The van der Waals surface area contributed by atoms with E-state index in [2.05, 4.69) is 180 Å². The van der Waals surface area contributed by atoms with E-state index in [-0.39, 0.29) is 0 Å². The van der Waals surface area contributed by atoms with Gasteiger partial charge in [-0.05, 0) is 125 Å². The lowest BCUT2D eigenvalue weighted by molar-refractivity contribution is 0.207. The highest BCUT2D eigenvalue weighted by atomic mass is 15.3. The number of nitrogens with one attached hydrogen (secondary N) is 4. The zero-order chi connectivity index (χ0) is 54.0. The summed E-state index contributed by atoms with van der Waals surface area (Å²) < 4.78 is 0. The number of pyridine rings is 2. The number of hydrogen-bond acceptors (Lipinski definition) is 11. The molecule has 0 radical (unpaired) electrons. The van der Waals surface area contributed by atoms with E-state index in [4.69, 9.17) is 15.7 Å². The average Bonchev–Trinajstić information content (AvgIpc) is 4.00. The summed E-state index contributed by atoms with van der Waals surface area (Å²) in [5, 5.41) is 6.75. The molecule has 2 saturated heterocycles. The molecule has 2 fully saturated rings. The molecule has 0 aliphatic carbocycles. The van der Waals surface area contributed by atoms with Crippen LogP contribution in [0.3, 0.4) is 0 Å². The van der Waals surface area contributed by atoms with Gasteiger partial charge in [-0.3, -0.25) is 9.97 Å². The smallest absolute Gasteiger partial charge is 0.117 e. The van der Waals surface area contributed by atoms with Crippen LogP contribution in [0.5, 0.6) is 0 Å². The Bertz CT molecular complexity index is 2860. The van der Waals surface area contributed by atoms with E-state index >= 15 is 0 Å². The van der Waals surface area contributed by atoms with Gasteiger partial charge in [-0.2, -0.15) is 0 Å². The molecule has 13 heteroatoms. The van der Waals surface area contributed by atoms with Crippen molar-refractivity contribution >= 4 is 28.5 Å². The second-order valence-corrected chi connectivity index (χ2v) is 18.9. The van der Waals surface area contributed by atoms with Gasteiger partial charge in [0.15, 0.2) is 0 Å². The van der Waals surface area contributed by atoms with Crippen molar-refractivity contribution in [1.29, 1.82) is 0 Å². The number of aryl methyl sites for hydroxylation is 2. The van der Waals surface area contributed by atoms with Crippen molar-refractivity contribution < 1.29 is 0 Å². The predicted molar refractivity (Wildman–Crippen MR) is 314 cm³/mol. The van der Waals surface area contributed by atoms with Crippen LogP contribution >= 0.6 is 0 Å². The molecule has 13 nitrogen and oxygen atoms in total. The minimum absolute atomic E-state index is 0.390. The number of piperazine rings is 2. The van der Waals surface area contributed by atoms with Crippen LogP contribution < -0.4 is 16.4 Å². The summed E-state index contributed by atoms with van der Waals surface area (Å²) in [6, 6.07) is 18.8. The SMILES string of the molecule is C#C.C=C/C=C(\c1nc(C(C)(C)c2cc(-c3cncc(NC(=C)CC)c3)ccc2NC)[nH]c1C)N1CCN(C)CC1.C=C/C=C(\c1nc(Cc2cc(-c3cccnc3)ccc2N)[nH]c1C)N1CCN(C)CC1.CC. The lowest BCUT2D eigenvalue weighted by Gasteiger charge is -2.35. The van der Waals surface area contributed by atoms with Crippen molar-refractivity contribution in [3.63, 3.8) is 0 Å². The first-order valence-corrected chi connectivity index (χ1v) is 25.7. The minimum atomic E-state index is -0.390. The lowest BCUT2D eigenvalue weighted by atomic mass is 9.81. The summed E-state index contributed by atoms with van der Waals surface area (Å²) in [5.74, 6) is 1.84. The summed E-state index contributed by atoms with van der Waals surface area (Å²) in [5.41, 5.74) is 22.5. The maximum absolute atomic E-state index is 6.30. The minimum Gasteiger partial charge on any atom is -0.398 e. The van der Waals surface area contributed by atoms with Gasteiger partial charge < -0.3 is 45.9 Å². The van der Waals surface area contributed by atoms with Crippen molar-refractivity contribution in [2.75, 3.05) is 89.9 Å². The van der Waals surface area contributed by atoms with Crippen molar-refractivity contribution in [1.82, 2.24) is 49.5 Å². The molecule has 0 unspecified atom stereocenters. The van der Waals surface area contributed by atoms with Crippen LogP contribution in [0.15, 0.2) is 129 Å². The standard InChI is InChI=1S/C32H43N7.C25H30N6.C2H6.C2H2/c1-9-11-29(39-16-14-38(8)15-17-39)30-23(4)36-31(37-30)32(5,6)27-19-24(12-13-28(27)33-7)25-18-26(21-34-20-25)35-22(3)10-2;1-4-6-23(31-13-11-30(3)12-14-31)25-18(2)28-24(29-25)16-21-15-19(8-9-22(21)26)20-7-5-10-27-17-20;2*1-2/h9,11-13,18-21,33,35H,1,3,10,14-17H2,2,4-8H3,(H,36,37);4-10,15,17H,1,11-14,16,26H2,2-3H3,(H,28,29);1-2H3;1-2H/b29-11+;23-6+;;. The van der Waals surface area contributed by atoms with Crippen LogP contribution in [0.2, 0.25) is 0 Å². The Labute approximate surface area is 442 Å². The van der Waals surface area contributed by atoms with Gasteiger partial charge in [-0.25, -0.2) is 9.97 Å². The molecular weight excluding hydrogens is 915 g/mol. The molecule has 2 aromatic carbocycles. The number of hydrogen-bond donors (Lipinski definition) is 5. The number of nitrogens with zero attached hydrogens (tertiary/aromatic N) is 8. The third-order valence-electron chi connectivity index (χ3n) is 13.4. The van der Waals surface area contributed by atoms with Crippen LogP contribution in [0.25, 0.3) is 33.6 Å².